The normalized spacial score (nSPS) is 14.4. The van der Waals surface area contributed by atoms with Gasteiger partial charge in [-0.05, 0) is 25.8 Å². The van der Waals surface area contributed by atoms with Gasteiger partial charge in [-0.3, -0.25) is 0 Å². The van der Waals surface area contributed by atoms with Gasteiger partial charge in [0, 0.05) is 5.75 Å². The lowest BCUT2D eigenvalue weighted by Crippen LogP contribution is -2.13. The summed E-state index contributed by atoms with van der Waals surface area (Å²) in [6.45, 7) is 1.92. The minimum absolute atomic E-state index is 0.0918. The molecule has 0 bridgehead atoms. The van der Waals surface area contributed by atoms with E-state index in [4.69, 9.17) is 5.73 Å². The molecule has 0 rings (SSSR count). The molecule has 0 fully saturated rings. The van der Waals surface area contributed by atoms with Crippen molar-refractivity contribution in [1.82, 2.24) is 0 Å². The average molecular weight is 211 g/mol. The summed E-state index contributed by atoms with van der Waals surface area (Å²) in [4.78, 5) is 0. The quantitative estimate of drug-likeness (QED) is 0.680. The molecule has 0 spiro atoms. The number of hydrogen-bond acceptors (Lipinski definition) is 3. The van der Waals surface area contributed by atoms with Crippen LogP contribution in [0.2, 0.25) is 0 Å². The van der Waals surface area contributed by atoms with Gasteiger partial charge in [0.25, 0.3) is 0 Å². The summed E-state index contributed by atoms with van der Waals surface area (Å²) in [6, 6.07) is 0. The van der Waals surface area contributed by atoms with Gasteiger partial charge in [0.05, 0.1) is 5.75 Å². The highest BCUT2D eigenvalue weighted by Crippen LogP contribution is 2.07. The molecule has 0 aromatic heterocycles. The van der Waals surface area contributed by atoms with Crippen molar-refractivity contribution >= 4 is 9.84 Å². The standard InChI is InChI=1S/C8H18FNO2S/c1-2-13(11,12)7-3-4-8(9)5-6-10/h8H,2-7,10H2,1H3. The Balaban J connectivity index is 3.56. The molecule has 0 aromatic rings. The topological polar surface area (TPSA) is 60.2 Å². The van der Waals surface area contributed by atoms with Crippen LogP contribution < -0.4 is 5.73 Å². The fourth-order valence-electron chi connectivity index (χ4n) is 0.994. The molecular weight excluding hydrogens is 193 g/mol. The van der Waals surface area contributed by atoms with Gasteiger partial charge >= 0.3 is 0 Å². The van der Waals surface area contributed by atoms with Gasteiger partial charge in [-0.1, -0.05) is 6.92 Å². The van der Waals surface area contributed by atoms with E-state index in [9.17, 15) is 12.8 Å². The zero-order chi connectivity index (χ0) is 10.3. The van der Waals surface area contributed by atoms with E-state index >= 15 is 0 Å². The van der Waals surface area contributed by atoms with Crippen molar-refractivity contribution in [1.29, 1.82) is 0 Å². The van der Waals surface area contributed by atoms with Crippen LogP contribution in [0.25, 0.3) is 0 Å². The lowest BCUT2D eigenvalue weighted by molar-refractivity contribution is 0.298. The highest BCUT2D eigenvalue weighted by molar-refractivity contribution is 7.91. The van der Waals surface area contributed by atoms with E-state index in [1.165, 1.54) is 0 Å². The van der Waals surface area contributed by atoms with Crippen molar-refractivity contribution in [3.8, 4) is 0 Å². The Labute approximate surface area is 79.4 Å². The first-order chi connectivity index (χ1) is 6.02. The van der Waals surface area contributed by atoms with E-state index in [1.54, 1.807) is 6.92 Å². The minimum Gasteiger partial charge on any atom is -0.330 e. The van der Waals surface area contributed by atoms with Gasteiger partial charge in [-0.25, -0.2) is 12.8 Å². The number of hydrogen-bond donors (Lipinski definition) is 1. The third-order valence-corrected chi connectivity index (χ3v) is 3.68. The Kier molecular flexibility index (Phi) is 6.24. The fourth-order valence-corrected chi connectivity index (χ4v) is 1.89. The Morgan fingerprint density at radius 2 is 2.00 bits per heavy atom. The highest BCUT2D eigenvalue weighted by atomic mass is 32.2. The zero-order valence-electron chi connectivity index (χ0n) is 8.00. The number of nitrogens with two attached hydrogens (primary N) is 1. The molecule has 0 aliphatic carbocycles. The van der Waals surface area contributed by atoms with Crippen molar-refractivity contribution in [2.45, 2.75) is 32.4 Å². The van der Waals surface area contributed by atoms with E-state index in [0.717, 1.165) is 0 Å². The van der Waals surface area contributed by atoms with Crippen LogP contribution >= 0.6 is 0 Å². The van der Waals surface area contributed by atoms with Gasteiger partial charge in [0.2, 0.25) is 0 Å². The van der Waals surface area contributed by atoms with Gasteiger partial charge in [-0.15, -0.1) is 0 Å². The number of rotatable bonds is 7. The Morgan fingerprint density at radius 1 is 1.38 bits per heavy atom. The summed E-state index contributed by atoms with van der Waals surface area (Å²) in [7, 11) is -2.93. The van der Waals surface area contributed by atoms with Crippen LogP contribution in [-0.4, -0.2) is 32.6 Å². The Hall–Kier alpha value is -0.160. The van der Waals surface area contributed by atoms with Gasteiger partial charge in [0.15, 0.2) is 0 Å². The van der Waals surface area contributed by atoms with Crippen molar-refractivity contribution in [3.05, 3.63) is 0 Å². The molecule has 0 aliphatic rings. The first-order valence-corrected chi connectivity index (χ1v) is 6.38. The van der Waals surface area contributed by atoms with Gasteiger partial charge < -0.3 is 5.73 Å². The summed E-state index contributed by atoms with van der Waals surface area (Å²) < 4.78 is 34.8. The predicted molar refractivity (Wildman–Crippen MR) is 52.1 cm³/mol. The van der Waals surface area contributed by atoms with E-state index in [0.29, 0.717) is 25.8 Å². The van der Waals surface area contributed by atoms with Crippen LogP contribution in [0.4, 0.5) is 4.39 Å². The third kappa shape index (κ3) is 6.95. The molecule has 0 radical (unpaired) electrons. The molecule has 0 aromatic carbocycles. The van der Waals surface area contributed by atoms with Crippen LogP contribution in [-0.2, 0) is 9.84 Å². The van der Waals surface area contributed by atoms with Crippen LogP contribution in [0, 0.1) is 0 Å². The number of sulfone groups is 1. The number of alkyl halides is 1. The first kappa shape index (κ1) is 12.8. The molecule has 1 unspecified atom stereocenters. The molecule has 3 nitrogen and oxygen atoms in total. The molecule has 0 amide bonds. The van der Waals surface area contributed by atoms with E-state index in [-0.39, 0.29) is 11.5 Å². The van der Waals surface area contributed by atoms with Crippen LogP contribution in [0.15, 0.2) is 0 Å². The molecule has 0 heterocycles. The molecule has 0 saturated carbocycles. The van der Waals surface area contributed by atoms with Crippen LogP contribution in [0.1, 0.15) is 26.2 Å². The Bertz CT molecular complexity index is 216. The van der Waals surface area contributed by atoms with Crippen LogP contribution in [0.3, 0.4) is 0 Å². The summed E-state index contributed by atoms with van der Waals surface area (Å²) in [5, 5.41) is 0. The maximum Gasteiger partial charge on any atom is 0.150 e. The molecule has 0 aliphatic heterocycles. The third-order valence-electron chi connectivity index (χ3n) is 1.89. The second-order valence-corrected chi connectivity index (χ2v) is 5.53. The lowest BCUT2D eigenvalue weighted by atomic mass is 10.2. The maximum atomic E-state index is 12.8. The summed E-state index contributed by atoms with van der Waals surface area (Å²) in [6.07, 6.45) is 0.0806. The predicted octanol–water partition coefficient (Wildman–Crippen LogP) is 0.888. The summed E-state index contributed by atoms with van der Waals surface area (Å²) in [5.41, 5.74) is 5.15. The van der Waals surface area contributed by atoms with Crippen molar-refractivity contribution < 1.29 is 12.8 Å². The molecular formula is C8H18FNO2S. The largest absolute Gasteiger partial charge is 0.330 e. The lowest BCUT2D eigenvalue weighted by Gasteiger charge is -2.05. The molecule has 0 saturated heterocycles. The van der Waals surface area contributed by atoms with Gasteiger partial charge in [0.1, 0.15) is 16.0 Å². The zero-order valence-corrected chi connectivity index (χ0v) is 8.82. The SMILES string of the molecule is CCS(=O)(=O)CCCC(F)CCN. The summed E-state index contributed by atoms with van der Waals surface area (Å²) >= 11 is 0. The fraction of sp³-hybridized carbons (Fsp3) is 1.00. The van der Waals surface area contributed by atoms with Crippen molar-refractivity contribution in [3.63, 3.8) is 0 Å². The van der Waals surface area contributed by atoms with E-state index < -0.39 is 16.0 Å². The van der Waals surface area contributed by atoms with Crippen LogP contribution in [0.5, 0.6) is 0 Å². The maximum absolute atomic E-state index is 12.8. The smallest absolute Gasteiger partial charge is 0.150 e. The first-order valence-electron chi connectivity index (χ1n) is 4.56. The average Bonchev–Trinajstić information content (AvgIpc) is 2.05. The molecule has 1 atom stereocenters. The monoisotopic (exact) mass is 211 g/mol. The number of halogens is 1. The molecule has 80 valence electrons. The van der Waals surface area contributed by atoms with E-state index in [1.807, 2.05) is 0 Å². The van der Waals surface area contributed by atoms with Crippen molar-refractivity contribution in [2.75, 3.05) is 18.1 Å². The highest BCUT2D eigenvalue weighted by Gasteiger charge is 2.10. The summed E-state index contributed by atoms with van der Waals surface area (Å²) in [5.74, 6) is 0.231. The second kappa shape index (κ2) is 6.32. The molecule has 13 heavy (non-hydrogen) atoms. The van der Waals surface area contributed by atoms with Crippen molar-refractivity contribution in [2.24, 2.45) is 5.73 Å². The van der Waals surface area contributed by atoms with Gasteiger partial charge in [-0.2, -0.15) is 0 Å². The molecule has 5 heteroatoms. The molecule has 2 N–H and O–H groups in total. The minimum atomic E-state index is -2.93. The Morgan fingerprint density at radius 3 is 2.46 bits per heavy atom. The van der Waals surface area contributed by atoms with E-state index in [2.05, 4.69) is 0 Å². The second-order valence-electron chi connectivity index (χ2n) is 3.05.